The second-order valence-corrected chi connectivity index (χ2v) is 1.98. The van der Waals surface area contributed by atoms with Gasteiger partial charge < -0.3 is 5.32 Å². The van der Waals surface area contributed by atoms with Crippen molar-refractivity contribution in [3.05, 3.63) is 0 Å². The average molecular weight is 131 g/mol. The molecule has 0 bridgehead atoms. The van der Waals surface area contributed by atoms with Gasteiger partial charge in [-0.3, -0.25) is 0 Å². The van der Waals surface area contributed by atoms with Crippen LogP contribution in [0.4, 0.5) is 0 Å². The molecule has 0 aromatic heterocycles. The second-order valence-electron chi connectivity index (χ2n) is 1.98. The van der Waals surface area contributed by atoms with Crippen molar-refractivity contribution in [2.24, 2.45) is 0 Å². The van der Waals surface area contributed by atoms with Crippen LogP contribution in [0, 0.1) is 0 Å². The summed E-state index contributed by atoms with van der Waals surface area (Å²) >= 11 is 0. The van der Waals surface area contributed by atoms with Crippen molar-refractivity contribution in [1.29, 1.82) is 0 Å². The quantitative estimate of drug-likeness (QED) is 0.620. The molecule has 0 unspecified atom stereocenters. The predicted octanol–water partition coefficient (Wildman–Crippen LogP) is 2.42. The zero-order valence-electron chi connectivity index (χ0n) is 7.49. The average Bonchev–Trinajstić information content (AvgIpc) is 1.93. The Bertz CT molecular complexity index is 35.5. The highest BCUT2D eigenvalue weighted by molar-refractivity contribution is 4.52. The van der Waals surface area contributed by atoms with Crippen molar-refractivity contribution >= 4 is 0 Å². The van der Waals surface area contributed by atoms with Crippen LogP contribution in [0.1, 0.15) is 40.5 Å². The standard InChI is InChI=1S/C6H15N.C2H6/c1-4-5-6(2)7-3;1-2/h6-7H,4-5H2,1-3H3;1-2H3/t6-;/m1./s1. The topological polar surface area (TPSA) is 12.0 Å². The van der Waals surface area contributed by atoms with Crippen LogP contribution in [0.2, 0.25) is 0 Å². The van der Waals surface area contributed by atoms with E-state index in [9.17, 15) is 0 Å². The van der Waals surface area contributed by atoms with Gasteiger partial charge in [0.15, 0.2) is 0 Å². The zero-order valence-corrected chi connectivity index (χ0v) is 7.49. The van der Waals surface area contributed by atoms with Gasteiger partial charge in [0.1, 0.15) is 0 Å². The molecule has 0 aromatic carbocycles. The van der Waals surface area contributed by atoms with Crippen LogP contribution < -0.4 is 5.32 Å². The Morgan fingerprint density at radius 2 is 1.78 bits per heavy atom. The normalized spacial score (nSPS) is 11.7. The number of hydrogen-bond acceptors (Lipinski definition) is 1. The molecule has 9 heavy (non-hydrogen) atoms. The summed E-state index contributed by atoms with van der Waals surface area (Å²) in [6, 6.07) is 0.699. The molecule has 0 radical (unpaired) electrons. The number of nitrogens with one attached hydrogen (secondary N) is 1. The van der Waals surface area contributed by atoms with E-state index >= 15 is 0 Å². The van der Waals surface area contributed by atoms with E-state index < -0.39 is 0 Å². The van der Waals surface area contributed by atoms with Crippen molar-refractivity contribution in [3.8, 4) is 0 Å². The third-order valence-corrected chi connectivity index (χ3v) is 1.21. The van der Waals surface area contributed by atoms with Gasteiger partial charge in [-0.05, 0) is 20.4 Å². The summed E-state index contributed by atoms with van der Waals surface area (Å²) in [4.78, 5) is 0. The summed E-state index contributed by atoms with van der Waals surface area (Å²) in [5.41, 5.74) is 0. The largest absolute Gasteiger partial charge is 0.317 e. The first-order valence-corrected chi connectivity index (χ1v) is 3.98. The summed E-state index contributed by atoms with van der Waals surface area (Å²) in [6.45, 7) is 8.40. The molecule has 1 N–H and O–H groups in total. The van der Waals surface area contributed by atoms with Gasteiger partial charge in [0.05, 0.1) is 0 Å². The highest BCUT2D eigenvalue weighted by atomic mass is 14.8. The molecule has 0 fully saturated rings. The van der Waals surface area contributed by atoms with Gasteiger partial charge in [0, 0.05) is 6.04 Å². The fourth-order valence-corrected chi connectivity index (χ4v) is 0.577. The third-order valence-electron chi connectivity index (χ3n) is 1.21. The van der Waals surface area contributed by atoms with Gasteiger partial charge in [0.25, 0.3) is 0 Å². The van der Waals surface area contributed by atoms with Crippen molar-refractivity contribution in [1.82, 2.24) is 5.32 Å². The van der Waals surface area contributed by atoms with E-state index in [0.717, 1.165) is 0 Å². The Balaban J connectivity index is 0. The first kappa shape index (κ1) is 11.7. The van der Waals surface area contributed by atoms with Gasteiger partial charge in [-0.25, -0.2) is 0 Å². The monoisotopic (exact) mass is 131 g/mol. The molecule has 0 aliphatic carbocycles. The maximum atomic E-state index is 3.17. The molecule has 0 aliphatic heterocycles. The maximum absolute atomic E-state index is 3.17. The summed E-state index contributed by atoms with van der Waals surface area (Å²) in [6.07, 6.45) is 2.57. The van der Waals surface area contributed by atoms with Crippen molar-refractivity contribution in [2.45, 2.75) is 46.6 Å². The highest BCUT2D eigenvalue weighted by Crippen LogP contribution is 1.91. The summed E-state index contributed by atoms with van der Waals surface area (Å²) < 4.78 is 0. The van der Waals surface area contributed by atoms with Crippen LogP contribution in [-0.4, -0.2) is 13.1 Å². The van der Waals surface area contributed by atoms with Gasteiger partial charge in [0.2, 0.25) is 0 Å². The van der Waals surface area contributed by atoms with E-state index in [4.69, 9.17) is 0 Å². The lowest BCUT2D eigenvalue weighted by Crippen LogP contribution is -2.20. The Kier molecular flexibility index (Phi) is 14.1. The number of rotatable bonds is 3. The highest BCUT2D eigenvalue weighted by Gasteiger charge is 1.91. The summed E-state index contributed by atoms with van der Waals surface area (Å²) in [5, 5.41) is 3.17. The molecule has 0 heterocycles. The lowest BCUT2D eigenvalue weighted by molar-refractivity contribution is 0.557. The fraction of sp³-hybridized carbons (Fsp3) is 1.00. The molecule has 0 saturated heterocycles. The first-order valence-electron chi connectivity index (χ1n) is 3.98. The van der Waals surface area contributed by atoms with Crippen molar-refractivity contribution in [3.63, 3.8) is 0 Å². The van der Waals surface area contributed by atoms with Gasteiger partial charge >= 0.3 is 0 Å². The van der Waals surface area contributed by atoms with Crippen molar-refractivity contribution < 1.29 is 0 Å². The zero-order chi connectivity index (χ0) is 7.70. The third kappa shape index (κ3) is 11.5. The molecular formula is C8H21N. The fourth-order valence-electron chi connectivity index (χ4n) is 0.577. The maximum Gasteiger partial charge on any atom is 0.00356 e. The van der Waals surface area contributed by atoms with Crippen LogP contribution in [0.5, 0.6) is 0 Å². The van der Waals surface area contributed by atoms with E-state index in [1.165, 1.54) is 12.8 Å². The Hall–Kier alpha value is -0.0400. The lowest BCUT2D eigenvalue weighted by Gasteiger charge is -2.05. The van der Waals surface area contributed by atoms with Gasteiger partial charge in [-0.2, -0.15) is 0 Å². The van der Waals surface area contributed by atoms with E-state index in [-0.39, 0.29) is 0 Å². The Morgan fingerprint density at radius 3 is 1.89 bits per heavy atom. The molecule has 1 heteroatoms. The summed E-state index contributed by atoms with van der Waals surface area (Å²) in [7, 11) is 2.00. The molecule has 1 atom stereocenters. The minimum absolute atomic E-state index is 0.699. The molecule has 0 amide bonds. The van der Waals surface area contributed by atoms with E-state index in [0.29, 0.717) is 6.04 Å². The Morgan fingerprint density at radius 1 is 1.33 bits per heavy atom. The molecule has 0 aromatic rings. The second kappa shape index (κ2) is 10.9. The lowest BCUT2D eigenvalue weighted by atomic mass is 10.2. The first-order chi connectivity index (χ1) is 4.31. The molecule has 0 aliphatic rings. The molecule has 0 spiro atoms. The number of hydrogen-bond donors (Lipinski definition) is 1. The molecular weight excluding hydrogens is 110 g/mol. The minimum Gasteiger partial charge on any atom is -0.317 e. The van der Waals surface area contributed by atoms with E-state index in [2.05, 4.69) is 19.2 Å². The SMILES string of the molecule is CC.CCC[C@@H](C)NC. The smallest absolute Gasteiger partial charge is 0.00356 e. The van der Waals surface area contributed by atoms with E-state index in [1.807, 2.05) is 20.9 Å². The van der Waals surface area contributed by atoms with Gasteiger partial charge in [-0.15, -0.1) is 0 Å². The Labute approximate surface area is 59.8 Å². The van der Waals surface area contributed by atoms with Crippen LogP contribution in [0.25, 0.3) is 0 Å². The minimum atomic E-state index is 0.699. The molecule has 0 rings (SSSR count). The molecule has 1 nitrogen and oxygen atoms in total. The summed E-state index contributed by atoms with van der Waals surface area (Å²) in [5.74, 6) is 0. The predicted molar refractivity (Wildman–Crippen MR) is 44.8 cm³/mol. The van der Waals surface area contributed by atoms with Crippen LogP contribution in [-0.2, 0) is 0 Å². The van der Waals surface area contributed by atoms with Crippen LogP contribution in [0.3, 0.4) is 0 Å². The molecule has 0 saturated carbocycles. The van der Waals surface area contributed by atoms with Crippen molar-refractivity contribution in [2.75, 3.05) is 7.05 Å². The van der Waals surface area contributed by atoms with Crippen LogP contribution in [0.15, 0.2) is 0 Å². The molecule has 58 valence electrons. The van der Waals surface area contributed by atoms with E-state index in [1.54, 1.807) is 0 Å². The van der Waals surface area contributed by atoms with Crippen LogP contribution >= 0.6 is 0 Å². The van der Waals surface area contributed by atoms with Gasteiger partial charge in [-0.1, -0.05) is 27.2 Å².